The topological polar surface area (TPSA) is 41.1 Å². The number of nitrogens with zero attached hydrogens (tertiary/aromatic N) is 3. The summed E-state index contributed by atoms with van der Waals surface area (Å²) in [5.41, 5.74) is 1.27. The Morgan fingerprint density at radius 2 is 2.42 bits per heavy atom. The summed E-state index contributed by atoms with van der Waals surface area (Å²) < 4.78 is 2.95. The number of hydrogen-bond donors (Lipinski definition) is 0. The van der Waals surface area contributed by atoms with E-state index in [4.69, 9.17) is 5.26 Å². The predicted octanol–water partition coefficient (Wildman–Crippen LogP) is 1.81. The van der Waals surface area contributed by atoms with Crippen molar-refractivity contribution in [1.82, 2.24) is 9.38 Å². The zero-order valence-corrected chi connectivity index (χ0v) is 8.19. The molecule has 0 N–H and O–H groups in total. The van der Waals surface area contributed by atoms with Crippen LogP contribution >= 0.6 is 22.6 Å². The first kappa shape index (κ1) is 7.55. The van der Waals surface area contributed by atoms with Gasteiger partial charge in [0.15, 0.2) is 5.69 Å². The lowest BCUT2D eigenvalue weighted by atomic mass is 10.5. The molecule has 0 atom stereocenters. The van der Waals surface area contributed by atoms with Crippen LogP contribution in [0.3, 0.4) is 0 Å². The fourth-order valence-corrected chi connectivity index (χ4v) is 1.45. The number of imidazole rings is 1. The van der Waals surface area contributed by atoms with Gasteiger partial charge in [-0.3, -0.25) is 0 Å². The third-order valence-electron chi connectivity index (χ3n) is 1.54. The molecule has 58 valence electrons. The zero-order chi connectivity index (χ0) is 8.55. The third kappa shape index (κ3) is 1.16. The van der Waals surface area contributed by atoms with E-state index in [0.717, 1.165) is 9.22 Å². The lowest BCUT2D eigenvalue weighted by molar-refractivity contribution is 1.18. The molecule has 0 bridgehead atoms. The average Bonchev–Trinajstić information content (AvgIpc) is 2.46. The minimum absolute atomic E-state index is 0.456. The molecule has 2 heterocycles. The first-order chi connectivity index (χ1) is 5.79. The van der Waals surface area contributed by atoms with Crippen LogP contribution in [0.4, 0.5) is 0 Å². The van der Waals surface area contributed by atoms with E-state index in [1.165, 1.54) is 0 Å². The molecule has 0 amide bonds. The molecule has 0 saturated carbocycles. The molecule has 0 aromatic carbocycles. The van der Waals surface area contributed by atoms with E-state index >= 15 is 0 Å². The summed E-state index contributed by atoms with van der Waals surface area (Å²) in [5, 5.41) is 8.58. The predicted molar refractivity (Wildman–Crippen MR) is 52.6 cm³/mol. The van der Waals surface area contributed by atoms with Gasteiger partial charge in [-0.2, -0.15) is 5.26 Å². The summed E-state index contributed by atoms with van der Waals surface area (Å²) in [6, 6.07) is 5.90. The van der Waals surface area contributed by atoms with E-state index < -0.39 is 0 Å². The van der Waals surface area contributed by atoms with Crippen LogP contribution in [0.1, 0.15) is 5.69 Å². The summed E-state index contributed by atoms with van der Waals surface area (Å²) in [7, 11) is 0. The van der Waals surface area contributed by atoms with Crippen molar-refractivity contribution in [2.24, 2.45) is 0 Å². The summed E-state index contributed by atoms with van der Waals surface area (Å²) in [6.45, 7) is 0. The van der Waals surface area contributed by atoms with Gasteiger partial charge in [-0.1, -0.05) is 0 Å². The number of fused-ring (bicyclic) bond motifs is 1. The summed E-state index contributed by atoms with van der Waals surface area (Å²) in [4.78, 5) is 4.09. The Balaban J connectivity index is 2.77. The molecule has 2 aromatic heterocycles. The first-order valence-electron chi connectivity index (χ1n) is 3.34. The molecule has 0 fully saturated rings. The second kappa shape index (κ2) is 2.75. The van der Waals surface area contributed by atoms with E-state index in [1.54, 1.807) is 6.20 Å². The molecule has 2 rings (SSSR count). The minimum Gasteiger partial charge on any atom is -0.306 e. The van der Waals surface area contributed by atoms with Gasteiger partial charge >= 0.3 is 0 Å². The minimum atomic E-state index is 0.456. The van der Waals surface area contributed by atoms with Crippen molar-refractivity contribution in [2.75, 3.05) is 0 Å². The van der Waals surface area contributed by atoms with Crippen LogP contribution in [0.2, 0.25) is 0 Å². The Bertz CT molecular complexity index is 467. The Labute approximate surface area is 82.8 Å². The molecule has 4 heteroatoms. The van der Waals surface area contributed by atoms with Gasteiger partial charge in [0.25, 0.3) is 0 Å². The maximum Gasteiger partial charge on any atom is 0.159 e. The van der Waals surface area contributed by atoms with E-state index in [2.05, 4.69) is 27.6 Å². The number of pyridine rings is 1. The largest absolute Gasteiger partial charge is 0.306 e. The fraction of sp³-hybridized carbons (Fsp3) is 0. The summed E-state index contributed by atoms with van der Waals surface area (Å²) in [6.07, 6.45) is 3.61. The van der Waals surface area contributed by atoms with Gasteiger partial charge in [-0.25, -0.2) is 4.98 Å². The number of nitriles is 1. The lowest BCUT2D eigenvalue weighted by Crippen LogP contribution is -1.81. The van der Waals surface area contributed by atoms with Crippen molar-refractivity contribution in [3.63, 3.8) is 0 Å². The van der Waals surface area contributed by atoms with Crippen molar-refractivity contribution in [3.05, 3.63) is 33.8 Å². The highest BCUT2D eigenvalue weighted by atomic mass is 127. The number of aromatic nitrogens is 2. The van der Waals surface area contributed by atoms with Crippen LogP contribution in [0.15, 0.2) is 24.5 Å². The first-order valence-corrected chi connectivity index (χ1v) is 4.42. The van der Waals surface area contributed by atoms with Crippen molar-refractivity contribution < 1.29 is 0 Å². The highest BCUT2D eigenvalue weighted by Gasteiger charge is 1.99. The van der Waals surface area contributed by atoms with Crippen LogP contribution in [-0.2, 0) is 0 Å². The van der Waals surface area contributed by atoms with Gasteiger partial charge in [-0.15, -0.1) is 0 Å². The second-order valence-corrected chi connectivity index (χ2v) is 3.59. The van der Waals surface area contributed by atoms with E-state index in [-0.39, 0.29) is 0 Å². The van der Waals surface area contributed by atoms with E-state index in [1.807, 2.05) is 28.8 Å². The number of halogens is 1. The van der Waals surface area contributed by atoms with Crippen molar-refractivity contribution in [3.8, 4) is 6.07 Å². The van der Waals surface area contributed by atoms with Crippen molar-refractivity contribution >= 4 is 28.2 Å². The molecule has 0 unspecified atom stereocenters. The molecular formula is C8H4IN3. The lowest BCUT2D eigenvalue weighted by Gasteiger charge is -1.91. The molecule has 3 nitrogen and oxygen atoms in total. The summed E-state index contributed by atoms with van der Waals surface area (Å²) in [5.74, 6) is 0. The molecule has 0 aliphatic carbocycles. The molecule has 0 radical (unpaired) electrons. The van der Waals surface area contributed by atoms with Crippen LogP contribution in [0, 0.1) is 14.9 Å². The van der Waals surface area contributed by atoms with Gasteiger partial charge in [0.1, 0.15) is 11.7 Å². The quantitative estimate of drug-likeness (QED) is 0.684. The Morgan fingerprint density at radius 3 is 3.17 bits per heavy atom. The maximum atomic E-state index is 8.58. The molecule has 12 heavy (non-hydrogen) atoms. The van der Waals surface area contributed by atoms with Crippen LogP contribution in [0.5, 0.6) is 0 Å². The molecule has 0 aliphatic heterocycles. The zero-order valence-electron chi connectivity index (χ0n) is 6.03. The second-order valence-electron chi connectivity index (χ2n) is 2.35. The smallest absolute Gasteiger partial charge is 0.159 e. The average molecular weight is 269 g/mol. The summed E-state index contributed by atoms with van der Waals surface area (Å²) >= 11 is 2.21. The number of rotatable bonds is 0. The van der Waals surface area contributed by atoms with Gasteiger partial charge in [-0.05, 0) is 34.7 Å². The maximum absolute atomic E-state index is 8.58. The van der Waals surface area contributed by atoms with Gasteiger partial charge < -0.3 is 4.40 Å². The van der Waals surface area contributed by atoms with Crippen LogP contribution in [0.25, 0.3) is 5.65 Å². The third-order valence-corrected chi connectivity index (χ3v) is 2.21. The normalized spacial score (nSPS) is 10.0. The highest BCUT2D eigenvalue weighted by Crippen LogP contribution is 2.09. The number of hydrogen-bond acceptors (Lipinski definition) is 2. The van der Waals surface area contributed by atoms with Gasteiger partial charge in [0.2, 0.25) is 0 Å². The molecule has 0 aliphatic rings. The molecule has 2 aromatic rings. The SMILES string of the molecule is N#Cc1cn2ccc(I)cc2n1. The van der Waals surface area contributed by atoms with Crippen molar-refractivity contribution in [1.29, 1.82) is 5.26 Å². The Morgan fingerprint density at radius 1 is 1.58 bits per heavy atom. The van der Waals surface area contributed by atoms with Crippen LogP contribution < -0.4 is 0 Å². The molecular weight excluding hydrogens is 265 g/mol. The Kier molecular flexibility index (Phi) is 1.73. The van der Waals surface area contributed by atoms with Gasteiger partial charge in [0, 0.05) is 16.0 Å². The van der Waals surface area contributed by atoms with E-state index in [0.29, 0.717) is 5.69 Å². The fourth-order valence-electron chi connectivity index (χ4n) is 1.01. The van der Waals surface area contributed by atoms with E-state index in [9.17, 15) is 0 Å². The van der Waals surface area contributed by atoms with Crippen LogP contribution in [-0.4, -0.2) is 9.38 Å². The monoisotopic (exact) mass is 269 g/mol. The van der Waals surface area contributed by atoms with Gasteiger partial charge in [0.05, 0.1) is 0 Å². The molecule has 0 saturated heterocycles. The Hall–Kier alpha value is -1.09. The molecule has 0 spiro atoms. The van der Waals surface area contributed by atoms with Crippen molar-refractivity contribution in [2.45, 2.75) is 0 Å². The standard InChI is InChI=1S/C8H4IN3/c9-6-1-2-12-5-7(4-10)11-8(12)3-6/h1-3,5H. The highest BCUT2D eigenvalue weighted by molar-refractivity contribution is 14.1.